The first-order valence-corrected chi connectivity index (χ1v) is 8.97. The third-order valence-corrected chi connectivity index (χ3v) is 5.04. The molecule has 2 aromatic carbocycles. The van der Waals surface area contributed by atoms with Crippen molar-refractivity contribution in [3.05, 3.63) is 71.3 Å². The standard InChI is InChI=1S/C22H20FNO4/c1-4-24-18-13-20(27-3)19(26-2)12-16(18)22(21(24)25)10-9-15(28-22)11-14-7-5-6-8-17(14)23/h5-13H,4H2,1-3H3/b15-11+. The molecule has 0 aliphatic carbocycles. The van der Waals surface area contributed by atoms with Crippen LogP contribution in [0.2, 0.25) is 0 Å². The van der Waals surface area contributed by atoms with E-state index in [2.05, 4.69) is 0 Å². The topological polar surface area (TPSA) is 48.0 Å². The van der Waals surface area contributed by atoms with Gasteiger partial charge in [-0.15, -0.1) is 0 Å². The van der Waals surface area contributed by atoms with Crippen LogP contribution in [0.25, 0.3) is 6.08 Å². The number of nitrogens with zero attached hydrogens (tertiary/aromatic N) is 1. The number of likely N-dealkylation sites (N-methyl/N-ethyl adjacent to an activating group) is 1. The average molecular weight is 381 g/mol. The van der Waals surface area contributed by atoms with E-state index in [1.807, 2.05) is 6.92 Å². The van der Waals surface area contributed by atoms with Crippen molar-refractivity contribution in [1.82, 2.24) is 0 Å². The molecule has 2 aromatic rings. The van der Waals surface area contributed by atoms with E-state index in [-0.39, 0.29) is 11.7 Å². The van der Waals surface area contributed by atoms with Gasteiger partial charge in [-0.3, -0.25) is 4.79 Å². The Bertz CT molecular complexity index is 1010. The van der Waals surface area contributed by atoms with Crippen LogP contribution in [0, 0.1) is 5.82 Å². The number of rotatable bonds is 4. The van der Waals surface area contributed by atoms with Gasteiger partial charge in [0.25, 0.3) is 5.91 Å². The molecule has 1 unspecified atom stereocenters. The Balaban J connectivity index is 1.80. The number of anilines is 1. The smallest absolute Gasteiger partial charge is 0.280 e. The van der Waals surface area contributed by atoms with Gasteiger partial charge in [-0.25, -0.2) is 4.39 Å². The highest BCUT2D eigenvalue weighted by molar-refractivity contribution is 6.09. The van der Waals surface area contributed by atoms with E-state index in [1.165, 1.54) is 6.07 Å². The van der Waals surface area contributed by atoms with E-state index in [1.54, 1.807) is 67.7 Å². The molecule has 0 radical (unpaired) electrons. The fraction of sp³-hybridized carbons (Fsp3) is 0.227. The molecule has 4 rings (SSSR count). The monoisotopic (exact) mass is 381 g/mol. The number of ether oxygens (including phenoxy) is 3. The molecule has 0 aromatic heterocycles. The summed E-state index contributed by atoms with van der Waals surface area (Å²) in [6, 6.07) is 9.95. The van der Waals surface area contributed by atoms with Crippen LogP contribution in [0.4, 0.5) is 10.1 Å². The summed E-state index contributed by atoms with van der Waals surface area (Å²) in [5, 5.41) is 0. The van der Waals surface area contributed by atoms with Crippen molar-refractivity contribution in [1.29, 1.82) is 0 Å². The van der Waals surface area contributed by atoms with E-state index in [9.17, 15) is 9.18 Å². The molecule has 1 atom stereocenters. The third-order valence-electron chi connectivity index (χ3n) is 5.04. The van der Waals surface area contributed by atoms with Crippen LogP contribution in [0.3, 0.4) is 0 Å². The summed E-state index contributed by atoms with van der Waals surface area (Å²) < 4.78 is 30.9. The minimum atomic E-state index is -1.29. The second kappa shape index (κ2) is 6.71. The fourth-order valence-corrected chi connectivity index (χ4v) is 3.66. The Hall–Kier alpha value is -3.28. The molecule has 6 heteroatoms. The van der Waals surface area contributed by atoms with Crippen molar-refractivity contribution in [3.8, 4) is 11.5 Å². The number of methoxy groups -OCH3 is 2. The van der Waals surface area contributed by atoms with Gasteiger partial charge in [0.05, 0.1) is 19.9 Å². The number of hydrogen-bond donors (Lipinski definition) is 0. The van der Waals surface area contributed by atoms with Crippen molar-refractivity contribution in [2.75, 3.05) is 25.7 Å². The first kappa shape index (κ1) is 18.1. The van der Waals surface area contributed by atoms with Gasteiger partial charge in [-0.05, 0) is 37.3 Å². The van der Waals surface area contributed by atoms with Crippen molar-refractivity contribution < 1.29 is 23.4 Å². The lowest BCUT2D eigenvalue weighted by atomic mass is 9.95. The molecule has 144 valence electrons. The minimum absolute atomic E-state index is 0.200. The van der Waals surface area contributed by atoms with Crippen molar-refractivity contribution in [2.45, 2.75) is 12.5 Å². The van der Waals surface area contributed by atoms with Crippen molar-refractivity contribution in [3.63, 3.8) is 0 Å². The van der Waals surface area contributed by atoms with Crippen LogP contribution in [0.1, 0.15) is 18.1 Å². The predicted molar refractivity (Wildman–Crippen MR) is 104 cm³/mol. The summed E-state index contributed by atoms with van der Waals surface area (Å²) in [5.41, 5.74) is 0.485. The van der Waals surface area contributed by atoms with Gasteiger partial charge in [0.15, 0.2) is 11.5 Å². The lowest BCUT2D eigenvalue weighted by molar-refractivity contribution is -0.131. The zero-order chi connectivity index (χ0) is 19.9. The maximum absolute atomic E-state index is 14.0. The predicted octanol–water partition coefficient (Wildman–Crippen LogP) is 4.03. The van der Waals surface area contributed by atoms with Gasteiger partial charge < -0.3 is 19.1 Å². The quantitative estimate of drug-likeness (QED) is 0.802. The Kier molecular flexibility index (Phi) is 4.34. The molecule has 2 aliphatic heterocycles. The summed E-state index contributed by atoms with van der Waals surface area (Å²) in [5.74, 6) is 0.905. The van der Waals surface area contributed by atoms with Crippen molar-refractivity contribution in [2.24, 2.45) is 0 Å². The van der Waals surface area contributed by atoms with Crippen LogP contribution in [0.5, 0.6) is 11.5 Å². The van der Waals surface area contributed by atoms with E-state index in [0.717, 1.165) is 0 Å². The highest BCUT2D eigenvalue weighted by Crippen LogP contribution is 2.51. The first-order valence-electron chi connectivity index (χ1n) is 8.97. The number of hydrogen-bond acceptors (Lipinski definition) is 4. The second-order valence-corrected chi connectivity index (χ2v) is 6.51. The zero-order valence-corrected chi connectivity index (χ0v) is 15.9. The molecule has 0 saturated heterocycles. The second-order valence-electron chi connectivity index (χ2n) is 6.51. The summed E-state index contributed by atoms with van der Waals surface area (Å²) in [6.45, 7) is 2.37. The van der Waals surface area contributed by atoms with Gasteiger partial charge in [0, 0.05) is 23.7 Å². The van der Waals surface area contributed by atoms with Crippen LogP contribution in [-0.2, 0) is 15.1 Å². The molecular weight excluding hydrogens is 361 g/mol. The number of benzene rings is 2. The Morgan fingerprint density at radius 3 is 2.57 bits per heavy atom. The van der Waals surface area contributed by atoms with Gasteiger partial charge >= 0.3 is 0 Å². The Morgan fingerprint density at radius 1 is 1.18 bits per heavy atom. The average Bonchev–Trinajstić information content (AvgIpc) is 3.23. The lowest BCUT2D eigenvalue weighted by Gasteiger charge is -2.22. The van der Waals surface area contributed by atoms with E-state index in [0.29, 0.717) is 40.6 Å². The normalized spacial score (nSPS) is 21.4. The van der Waals surface area contributed by atoms with Gasteiger partial charge in [-0.1, -0.05) is 18.2 Å². The van der Waals surface area contributed by atoms with Crippen LogP contribution < -0.4 is 14.4 Å². The highest BCUT2D eigenvalue weighted by Gasteiger charge is 2.54. The van der Waals surface area contributed by atoms with Gasteiger partial charge in [0.1, 0.15) is 11.6 Å². The van der Waals surface area contributed by atoms with Crippen molar-refractivity contribution >= 4 is 17.7 Å². The maximum Gasteiger partial charge on any atom is 0.280 e. The van der Waals surface area contributed by atoms with E-state index < -0.39 is 5.60 Å². The minimum Gasteiger partial charge on any atom is -0.493 e. The lowest BCUT2D eigenvalue weighted by Crippen LogP contribution is -2.39. The Morgan fingerprint density at radius 2 is 1.89 bits per heavy atom. The number of allylic oxidation sites excluding steroid dienone is 1. The molecule has 1 amide bonds. The first-order chi connectivity index (χ1) is 13.5. The van der Waals surface area contributed by atoms with E-state index in [4.69, 9.17) is 14.2 Å². The number of amides is 1. The number of carbonyl (C=O) groups is 1. The number of halogens is 1. The zero-order valence-electron chi connectivity index (χ0n) is 15.9. The number of carbonyl (C=O) groups excluding carboxylic acids is 1. The summed E-state index contributed by atoms with van der Waals surface area (Å²) >= 11 is 0. The molecule has 28 heavy (non-hydrogen) atoms. The molecule has 2 aliphatic rings. The highest BCUT2D eigenvalue weighted by atomic mass is 19.1. The SMILES string of the molecule is CCN1C(=O)C2(C=C/C(=C\c3ccccc3F)O2)c2cc(OC)c(OC)cc21. The summed E-state index contributed by atoms with van der Waals surface area (Å²) in [6.07, 6.45) is 5.00. The summed E-state index contributed by atoms with van der Waals surface area (Å²) in [7, 11) is 3.09. The molecule has 1 spiro atoms. The summed E-state index contributed by atoms with van der Waals surface area (Å²) in [4.78, 5) is 14.9. The van der Waals surface area contributed by atoms with Crippen LogP contribution in [0.15, 0.2) is 54.3 Å². The molecule has 2 heterocycles. The van der Waals surface area contributed by atoms with E-state index >= 15 is 0 Å². The molecule has 0 N–H and O–H groups in total. The third kappa shape index (κ3) is 2.56. The molecule has 0 saturated carbocycles. The fourth-order valence-electron chi connectivity index (χ4n) is 3.66. The largest absolute Gasteiger partial charge is 0.493 e. The van der Waals surface area contributed by atoms with Gasteiger partial charge in [-0.2, -0.15) is 0 Å². The maximum atomic E-state index is 14.0. The molecule has 0 fully saturated rings. The molecular formula is C22H20FNO4. The van der Waals surface area contributed by atoms with Crippen LogP contribution >= 0.6 is 0 Å². The molecule has 0 bridgehead atoms. The molecule has 5 nitrogen and oxygen atoms in total. The Labute approximate surface area is 162 Å². The van der Waals surface area contributed by atoms with Gasteiger partial charge in [0.2, 0.25) is 5.60 Å². The number of fused-ring (bicyclic) bond motifs is 2. The van der Waals surface area contributed by atoms with Crippen LogP contribution in [-0.4, -0.2) is 26.7 Å².